The zero-order chi connectivity index (χ0) is 31.0. The van der Waals surface area contributed by atoms with Gasteiger partial charge in [-0.2, -0.15) is 0 Å². The van der Waals surface area contributed by atoms with E-state index < -0.39 is 57.3 Å². The summed E-state index contributed by atoms with van der Waals surface area (Å²) in [7, 11) is -5.82. The number of fused-ring (bicyclic) bond motifs is 3. The van der Waals surface area contributed by atoms with Gasteiger partial charge in [0.1, 0.15) is 18.0 Å². The van der Waals surface area contributed by atoms with Gasteiger partial charge in [-0.05, 0) is 47.4 Å². The van der Waals surface area contributed by atoms with Crippen LogP contribution in [0.25, 0.3) is 0 Å². The molecule has 1 N–H and O–H groups in total. The molecule has 1 aliphatic carbocycles. The molecule has 9 heteroatoms. The van der Waals surface area contributed by atoms with Gasteiger partial charge >= 0.3 is 0 Å². The number of Topliss-reactive ketones (excluding diaryl/α,β-unsaturated/α-hetero) is 1. The van der Waals surface area contributed by atoms with E-state index in [4.69, 9.17) is 23.1 Å². The molecule has 2 heterocycles. The van der Waals surface area contributed by atoms with Crippen molar-refractivity contribution in [2.45, 2.75) is 127 Å². The van der Waals surface area contributed by atoms with Crippen LogP contribution in [0.5, 0.6) is 0 Å². The summed E-state index contributed by atoms with van der Waals surface area (Å²) < 4.78 is 34.2. The number of hydrogen-bond acceptors (Lipinski definition) is 7. The van der Waals surface area contributed by atoms with Crippen LogP contribution in [0.1, 0.15) is 68.2 Å². The van der Waals surface area contributed by atoms with E-state index >= 15 is 0 Å². The fraction of sp³-hybridized carbons (Fsp3) is 0.606. The van der Waals surface area contributed by atoms with E-state index in [1.807, 2.05) is 36.4 Å². The molecule has 2 saturated heterocycles. The third-order valence-corrected chi connectivity index (χ3v) is 19.2. The predicted molar refractivity (Wildman–Crippen MR) is 168 cm³/mol. The molecule has 3 aliphatic rings. The summed E-state index contributed by atoms with van der Waals surface area (Å²) in [5.74, 6) is -2.83. The number of carbonyl (C=O) groups is 1. The van der Waals surface area contributed by atoms with Crippen molar-refractivity contribution >= 4 is 32.8 Å². The van der Waals surface area contributed by atoms with Crippen LogP contribution in [0, 0.1) is 0 Å². The highest BCUT2D eigenvalue weighted by atomic mass is 28.4. The van der Waals surface area contributed by atoms with Gasteiger partial charge in [0, 0.05) is 12.8 Å². The lowest BCUT2D eigenvalue weighted by molar-refractivity contribution is -0.346. The second-order valence-corrected chi connectivity index (χ2v) is 24.2. The Hall–Kier alpha value is -1.70. The summed E-state index contributed by atoms with van der Waals surface area (Å²) in [6.45, 7) is 20.9. The minimum atomic E-state index is -3.32. The Labute approximate surface area is 253 Å². The van der Waals surface area contributed by atoms with Gasteiger partial charge in [-0.1, -0.05) is 102 Å². The molecule has 7 nitrogen and oxygen atoms in total. The highest BCUT2D eigenvalue weighted by Crippen LogP contribution is 2.58. The Morgan fingerprint density at radius 1 is 0.833 bits per heavy atom. The number of aliphatic hydroxyl groups is 1. The van der Waals surface area contributed by atoms with E-state index in [9.17, 15) is 9.90 Å². The number of ketones is 1. The van der Waals surface area contributed by atoms with Gasteiger partial charge in [0.15, 0.2) is 26.0 Å². The highest BCUT2D eigenvalue weighted by Gasteiger charge is 2.78. The molecule has 5 rings (SSSR count). The quantitative estimate of drug-likeness (QED) is 0.446. The van der Waals surface area contributed by atoms with E-state index in [0.717, 1.165) is 10.4 Å². The minimum Gasteiger partial charge on any atom is -0.408 e. The summed E-state index contributed by atoms with van der Waals surface area (Å²) in [5.41, 5.74) is -1.85. The first kappa shape index (κ1) is 31.7. The van der Waals surface area contributed by atoms with Crippen molar-refractivity contribution in [3.8, 4) is 0 Å². The summed E-state index contributed by atoms with van der Waals surface area (Å²) in [5, 5.41) is 14.4. The molecule has 0 amide bonds. The van der Waals surface area contributed by atoms with E-state index in [0.29, 0.717) is 0 Å². The standard InChI is InChI=1S/C33H48O7Si2/c1-29(2,3)41(9,10)39-26-21-23(34)22-32(35)27-28(37-31(7,8)36-27)38-33(26,32)40-42(30(4,5)6,24-17-13-11-14-18-24)25-19-15-12-16-20-25/h11-20,26-28,35H,21-22H2,1-10H3/t26-,27-,28-,32+,33+/m1/s1. The van der Waals surface area contributed by atoms with Crippen molar-refractivity contribution < 1.29 is 33.0 Å². The molecule has 0 bridgehead atoms. The largest absolute Gasteiger partial charge is 0.408 e. The van der Waals surface area contributed by atoms with Crippen LogP contribution in [-0.4, -0.2) is 63.2 Å². The van der Waals surface area contributed by atoms with Gasteiger partial charge in [-0.15, -0.1) is 0 Å². The highest BCUT2D eigenvalue weighted by molar-refractivity contribution is 6.99. The van der Waals surface area contributed by atoms with Crippen molar-refractivity contribution in [2.24, 2.45) is 0 Å². The molecule has 0 radical (unpaired) electrons. The molecular formula is C33H48O7Si2. The van der Waals surface area contributed by atoms with Crippen LogP contribution in [0.3, 0.4) is 0 Å². The van der Waals surface area contributed by atoms with E-state index in [1.165, 1.54) is 0 Å². The first-order valence-corrected chi connectivity index (χ1v) is 19.9. The SMILES string of the molecule is CC1(C)O[C@@H]2O[C@]3(O[Si](c4ccccc4)(c4ccccc4)C(C)(C)C)[C@H](O[Si](C)(C)C(C)(C)C)CC(=O)C[C@]3(O)[C@@H]2O1. The fourth-order valence-corrected chi connectivity index (χ4v) is 12.7. The second-order valence-electron chi connectivity index (χ2n) is 15.2. The second kappa shape index (κ2) is 10.2. The summed E-state index contributed by atoms with van der Waals surface area (Å²) in [4.78, 5) is 13.5. The lowest BCUT2D eigenvalue weighted by Gasteiger charge is -2.57. The average molecular weight is 613 g/mol. The monoisotopic (exact) mass is 612 g/mol. The Kier molecular flexibility index (Phi) is 7.68. The molecule has 42 heavy (non-hydrogen) atoms. The number of ether oxygens (including phenoxy) is 3. The molecule has 2 aromatic carbocycles. The maximum atomic E-state index is 13.5. The molecule has 5 atom stereocenters. The average Bonchev–Trinajstić information content (AvgIpc) is 3.29. The molecule has 0 aromatic heterocycles. The first-order chi connectivity index (χ1) is 19.3. The number of rotatable bonds is 6. The third-order valence-electron chi connectivity index (χ3n) is 9.69. The smallest absolute Gasteiger partial charge is 0.265 e. The van der Waals surface area contributed by atoms with Crippen molar-refractivity contribution in [3.63, 3.8) is 0 Å². The maximum Gasteiger partial charge on any atom is 0.265 e. The molecule has 230 valence electrons. The Balaban J connectivity index is 1.79. The van der Waals surface area contributed by atoms with Gasteiger partial charge in [0.05, 0.1) is 0 Å². The summed E-state index contributed by atoms with van der Waals surface area (Å²) in [6, 6.07) is 20.5. The lowest BCUT2D eigenvalue weighted by atomic mass is 9.75. The molecule has 0 unspecified atom stereocenters. The zero-order valence-electron chi connectivity index (χ0n) is 26.8. The van der Waals surface area contributed by atoms with E-state index in [-0.39, 0.29) is 23.7 Å². The van der Waals surface area contributed by atoms with E-state index in [1.54, 1.807) is 13.8 Å². The van der Waals surface area contributed by atoms with Crippen LogP contribution in [0.15, 0.2) is 60.7 Å². The van der Waals surface area contributed by atoms with Crippen LogP contribution in [-0.2, 0) is 27.9 Å². The van der Waals surface area contributed by atoms with E-state index in [2.05, 4.69) is 78.9 Å². The zero-order valence-corrected chi connectivity index (χ0v) is 28.8. The van der Waals surface area contributed by atoms with Gasteiger partial charge in [0.2, 0.25) is 5.79 Å². The summed E-state index contributed by atoms with van der Waals surface area (Å²) >= 11 is 0. The number of carbonyl (C=O) groups excluding carboxylic acids is 1. The molecule has 1 saturated carbocycles. The molecule has 2 aliphatic heterocycles. The third kappa shape index (κ3) is 4.90. The van der Waals surface area contributed by atoms with Gasteiger partial charge in [-0.25, -0.2) is 0 Å². The van der Waals surface area contributed by atoms with Crippen LogP contribution >= 0.6 is 0 Å². The Bertz CT molecular complexity index is 1260. The first-order valence-electron chi connectivity index (χ1n) is 15.0. The van der Waals surface area contributed by atoms with Crippen LogP contribution < -0.4 is 10.4 Å². The van der Waals surface area contributed by atoms with Gasteiger partial charge < -0.3 is 28.2 Å². The topological polar surface area (TPSA) is 83.5 Å². The van der Waals surface area contributed by atoms with Gasteiger partial charge in [-0.3, -0.25) is 4.79 Å². The number of hydrogen-bond donors (Lipinski definition) is 1. The molecule has 2 aromatic rings. The summed E-state index contributed by atoms with van der Waals surface area (Å²) in [6.07, 6.45) is -2.84. The normalized spacial score (nSPS) is 31.6. The fourth-order valence-electron chi connectivity index (χ4n) is 6.61. The molecule has 3 fully saturated rings. The predicted octanol–water partition coefficient (Wildman–Crippen LogP) is 5.25. The van der Waals surface area contributed by atoms with Crippen LogP contribution in [0.2, 0.25) is 23.2 Å². The van der Waals surface area contributed by atoms with Crippen molar-refractivity contribution in [1.29, 1.82) is 0 Å². The minimum absolute atomic E-state index is 0.0653. The molecule has 0 spiro atoms. The molecular weight excluding hydrogens is 565 g/mol. The Morgan fingerprint density at radius 2 is 1.36 bits per heavy atom. The maximum absolute atomic E-state index is 13.5. The van der Waals surface area contributed by atoms with Gasteiger partial charge in [0.25, 0.3) is 8.32 Å². The van der Waals surface area contributed by atoms with Crippen molar-refractivity contribution in [1.82, 2.24) is 0 Å². The van der Waals surface area contributed by atoms with Crippen molar-refractivity contribution in [3.05, 3.63) is 60.7 Å². The van der Waals surface area contributed by atoms with Crippen molar-refractivity contribution in [2.75, 3.05) is 0 Å². The lowest BCUT2D eigenvalue weighted by Crippen LogP contribution is -2.78. The van der Waals surface area contributed by atoms with Crippen LogP contribution in [0.4, 0.5) is 0 Å². The number of benzene rings is 2. The Morgan fingerprint density at radius 3 is 1.83 bits per heavy atom.